The molecular weight excluding hydrogens is 210 g/mol. The van der Waals surface area contributed by atoms with Gasteiger partial charge in [-0.15, -0.1) is 21.5 Å². The van der Waals surface area contributed by atoms with Crippen LogP contribution in [-0.2, 0) is 0 Å². The van der Waals surface area contributed by atoms with Gasteiger partial charge in [0.1, 0.15) is 0 Å². The third kappa shape index (κ3) is 2.14. The SMILES string of the molecule is COc1ccc(C(N)c2cccs2)nn1. The van der Waals surface area contributed by atoms with Crippen LogP contribution in [0, 0.1) is 0 Å². The van der Waals surface area contributed by atoms with Gasteiger partial charge in [-0.05, 0) is 17.5 Å². The van der Waals surface area contributed by atoms with Gasteiger partial charge in [-0.25, -0.2) is 0 Å². The molecule has 0 aromatic carbocycles. The van der Waals surface area contributed by atoms with Crippen LogP contribution in [0.1, 0.15) is 16.6 Å². The molecule has 0 saturated carbocycles. The summed E-state index contributed by atoms with van der Waals surface area (Å²) in [7, 11) is 1.56. The number of thiophene rings is 1. The number of methoxy groups -OCH3 is 1. The fourth-order valence-electron chi connectivity index (χ4n) is 1.22. The van der Waals surface area contributed by atoms with E-state index in [-0.39, 0.29) is 6.04 Å². The van der Waals surface area contributed by atoms with Crippen molar-refractivity contribution in [3.8, 4) is 5.88 Å². The van der Waals surface area contributed by atoms with E-state index < -0.39 is 0 Å². The van der Waals surface area contributed by atoms with E-state index in [1.165, 1.54) is 0 Å². The fourth-order valence-corrected chi connectivity index (χ4v) is 1.96. The molecule has 0 fully saturated rings. The first-order chi connectivity index (χ1) is 7.31. The van der Waals surface area contributed by atoms with Crippen LogP contribution in [0.15, 0.2) is 29.6 Å². The molecule has 4 nitrogen and oxygen atoms in total. The van der Waals surface area contributed by atoms with Crippen LogP contribution in [-0.4, -0.2) is 17.3 Å². The summed E-state index contributed by atoms with van der Waals surface area (Å²) in [5.74, 6) is 0.497. The van der Waals surface area contributed by atoms with Gasteiger partial charge in [-0.3, -0.25) is 0 Å². The lowest BCUT2D eigenvalue weighted by Gasteiger charge is -2.07. The molecule has 5 heteroatoms. The predicted octanol–water partition coefficient (Wildman–Crippen LogP) is 1.59. The molecule has 0 saturated heterocycles. The molecule has 2 rings (SSSR count). The van der Waals surface area contributed by atoms with Crippen molar-refractivity contribution in [3.63, 3.8) is 0 Å². The van der Waals surface area contributed by atoms with Gasteiger partial charge in [0, 0.05) is 10.9 Å². The van der Waals surface area contributed by atoms with Crippen molar-refractivity contribution in [2.45, 2.75) is 6.04 Å². The molecule has 1 atom stereocenters. The topological polar surface area (TPSA) is 61.0 Å². The highest BCUT2D eigenvalue weighted by atomic mass is 32.1. The molecule has 1 unspecified atom stereocenters. The minimum atomic E-state index is -0.205. The Kier molecular flexibility index (Phi) is 2.94. The molecule has 15 heavy (non-hydrogen) atoms. The lowest BCUT2D eigenvalue weighted by Crippen LogP contribution is -2.12. The molecular formula is C10H11N3OS. The third-order valence-corrected chi connectivity index (χ3v) is 2.99. The Balaban J connectivity index is 2.22. The van der Waals surface area contributed by atoms with E-state index in [4.69, 9.17) is 10.5 Å². The molecule has 0 aliphatic heterocycles. The molecule has 0 aliphatic rings. The first kappa shape index (κ1) is 10.1. The van der Waals surface area contributed by atoms with Crippen molar-refractivity contribution in [2.75, 3.05) is 7.11 Å². The highest BCUT2D eigenvalue weighted by molar-refractivity contribution is 7.10. The monoisotopic (exact) mass is 221 g/mol. The maximum atomic E-state index is 6.02. The number of hydrogen-bond donors (Lipinski definition) is 1. The maximum absolute atomic E-state index is 6.02. The molecule has 0 bridgehead atoms. The second kappa shape index (κ2) is 4.37. The minimum absolute atomic E-state index is 0.205. The summed E-state index contributed by atoms with van der Waals surface area (Å²) in [6.07, 6.45) is 0. The molecule has 0 amide bonds. The highest BCUT2D eigenvalue weighted by Crippen LogP contribution is 2.22. The Morgan fingerprint density at radius 3 is 2.73 bits per heavy atom. The second-order valence-electron chi connectivity index (χ2n) is 2.99. The van der Waals surface area contributed by atoms with Gasteiger partial charge in [0.2, 0.25) is 5.88 Å². The zero-order valence-corrected chi connectivity index (χ0v) is 9.07. The Bertz CT molecular complexity index is 413. The van der Waals surface area contributed by atoms with Gasteiger partial charge in [0.05, 0.1) is 18.8 Å². The molecule has 2 aromatic rings. The average Bonchev–Trinajstić information content (AvgIpc) is 2.82. The third-order valence-electron chi connectivity index (χ3n) is 2.04. The van der Waals surface area contributed by atoms with E-state index in [1.807, 2.05) is 23.6 Å². The van der Waals surface area contributed by atoms with E-state index in [0.717, 1.165) is 10.6 Å². The maximum Gasteiger partial charge on any atom is 0.233 e. The number of rotatable bonds is 3. The highest BCUT2D eigenvalue weighted by Gasteiger charge is 2.11. The van der Waals surface area contributed by atoms with Gasteiger partial charge >= 0.3 is 0 Å². The van der Waals surface area contributed by atoms with Gasteiger partial charge in [0.15, 0.2) is 0 Å². The van der Waals surface area contributed by atoms with Crippen LogP contribution >= 0.6 is 11.3 Å². The van der Waals surface area contributed by atoms with E-state index in [9.17, 15) is 0 Å². The Labute approximate surface area is 91.7 Å². The first-order valence-corrected chi connectivity index (χ1v) is 5.36. The number of hydrogen-bond acceptors (Lipinski definition) is 5. The van der Waals surface area contributed by atoms with Crippen molar-refractivity contribution in [2.24, 2.45) is 5.73 Å². The Morgan fingerprint density at radius 1 is 1.33 bits per heavy atom. The van der Waals surface area contributed by atoms with Gasteiger partial charge in [-0.2, -0.15) is 0 Å². The molecule has 2 heterocycles. The van der Waals surface area contributed by atoms with Crippen LogP contribution in [0.2, 0.25) is 0 Å². The van der Waals surface area contributed by atoms with Crippen LogP contribution in [0.25, 0.3) is 0 Å². The van der Waals surface area contributed by atoms with Crippen molar-refractivity contribution in [1.29, 1.82) is 0 Å². The Morgan fingerprint density at radius 2 is 2.20 bits per heavy atom. The summed E-state index contributed by atoms with van der Waals surface area (Å²) >= 11 is 1.61. The number of nitrogens with zero attached hydrogens (tertiary/aromatic N) is 2. The molecule has 2 N–H and O–H groups in total. The second-order valence-corrected chi connectivity index (χ2v) is 3.97. The quantitative estimate of drug-likeness (QED) is 0.855. The molecule has 0 spiro atoms. The van der Waals surface area contributed by atoms with Gasteiger partial charge < -0.3 is 10.5 Å². The smallest absolute Gasteiger partial charge is 0.233 e. The first-order valence-electron chi connectivity index (χ1n) is 4.48. The summed E-state index contributed by atoms with van der Waals surface area (Å²) in [6, 6.07) is 7.34. The molecule has 0 aliphatic carbocycles. The lowest BCUT2D eigenvalue weighted by molar-refractivity contribution is 0.391. The van der Waals surface area contributed by atoms with E-state index in [2.05, 4.69) is 10.2 Å². The van der Waals surface area contributed by atoms with E-state index in [0.29, 0.717) is 5.88 Å². The predicted molar refractivity (Wildman–Crippen MR) is 58.9 cm³/mol. The van der Waals surface area contributed by atoms with Crippen LogP contribution < -0.4 is 10.5 Å². The summed E-state index contributed by atoms with van der Waals surface area (Å²) in [5, 5.41) is 9.88. The van der Waals surface area contributed by atoms with Crippen LogP contribution in [0.4, 0.5) is 0 Å². The van der Waals surface area contributed by atoms with Gasteiger partial charge in [0.25, 0.3) is 0 Å². The zero-order chi connectivity index (χ0) is 10.7. The Hall–Kier alpha value is -1.46. The summed E-state index contributed by atoms with van der Waals surface area (Å²) in [5.41, 5.74) is 6.77. The van der Waals surface area contributed by atoms with Crippen LogP contribution in [0.5, 0.6) is 5.88 Å². The molecule has 78 valence electrons. The van der Waals surface area contributed by atoms with Crippen molar-refractivity contribution >= 4 is 11.3 Å². The summed E-state index contributed by atoms with van der Waals surface area (Å²) in [4.78, 5) is 1.08. The molecule has 2 aromatic heterocycles. The fraction of sp³-hybridized carbons (Fsp3) is 0.200. The number of nitrogens with two attached hydrogens (primary N) is 1. The van der Waals surface area contributed by atoms with Crippen molar-refractivity contribution in [3.05, 3.63) is 40.2 Å². The lowest BCUT2D eigenvalue weighted by atomic mass is 10.2. The number of aromatic nitrogens is 2. The van der Waals surface area contributed by atoms with E-state index in [1.54, 1.807) is 24.5 Å². The number of ether oxygens (including phenoxy) is 1. The standard InChI is InChI=1S/C10H11N3OS/c1-14-9-5-4-7(12-13-9)10(11)8-3-2-6-15-8/h2-6,10H,11H2,1H3. The van der Waals surface area contributed by atoms with E-state index >= 15 is 0 Å². The van der Waals surface area contributed by atoms with Gasteiger partial charge in [-0.1, -0.05) is 6.07 Å². The van der Waals surface area contributed by atoms with Crippen molar-refractivity contribution < 1.29 is 4.74 Å². The largest absolute Gasteiger partial charge is 0.480 e. The summed E-state index contributed by atoms with van der Waals surface area (Å²) < 4.78 is 4.93. The normalized spacial score (nSPS) is 12.4. The zero-order valence-electron chi connectivity index (χ0n) is 8.25. The summed E-state index contributed by atoms with van der Waals surface area (Å²) in [6.45, 7) is 0. The average molecular weight is 221 g/mol. The minimum Gasteiger partial charge on any atom is -0.480 e. The van der Waals surface area contributed by atoms with Crippen LogP contribution in [0.3, 0.4) is 0 Å². The van der Waals surface area contributed by atoms with Crippen molar-refractivity contribution in [1.82, 2.24) is 10.2 Å². The molecule has 0 radical (unpaired) electrons.